The molecule has 7 nitrogen and oxygen atoms in total. The van der Waals surface area contributed by atoms with Crippen LogP contribution in [0.1, 0.15) is 0 Å². The van der Waals surface area contributed by atoms with Crippen LogP contribution >= 0.6 is 0 Å². The molecule has 0 saturated heterocycles. The summed E-state index contributed by atoms with van der Waals surface area (Å²) >= 11 is 0. The Labute approximate surface area is 184 Å². The molecular formula is C25H21N5O2. The third-order valence-electron chi connectivity index (χ3n) is 5.81. The predicted molar refractivity (Wildman–Crippen MR) is 124 cm³/mol. The zero-order chi connectivity index (χ0) is 21.7. The van der Waals surface area contributed by atoms with Gasteiger partial charge in [0, 0.05) is 61.0 Å². The van der Waals surface area contributed by atoms with Gasteiger partial charge in [0.25, 0.3) is 0 Å². The van der Waals surface area contributed by atoms with E-state index < -0.39 is 0 Å². The summed E-state index contributed by atoms with van der Waals surface area (Å²) in [5, 5.41) is 4.25. The number of hydrogen-bond acceptors (Lipinski definition) is 6. The Balaban J connectivity index is 1.38. The van der Waals surface area contributed by atoms with E-state index in [1.54, 1.807) is 10.9 Å². The van der Waals surface area contributed by atoms with E-state index in [-0.39, 0.29) is 0 Å². The van der Waals surface area contributed by atoms with Gasteiger partial charge in [0.05, 0.1) is 12.7 Å². The summed E-state index contributed by atoms with van der Waals surface area (Å²) in [7, 11) is 3.94. The number of furan rings is 1. The molecule has 0 saturated carbocycles. The number of ether oxygens (including phenoxy) is 1. The monoisotopic (exact) mass is 423 g/mol. The molecule has 0 N–H and O–H groups in total. The fourth-order valence-electron chi connectivity index (χ4n) is 4.08. The summed E-state index contributed by atoms with van der Waals surface area (Å²) in [4.78, 5) is 11.2. The van der Waals surface area contributed by atoms with E-state index in [0.29, 0.717) is 6.61 Å². The van der Waals surface area contributed by atoms with Crippen molar-refractivity contribution in [3.05, 3.63) is 67.3 Å². The third-order valence-corrected chi connectivity index (χ3v) is 5.81. The van der Waals surface area contributed by atoms with Gasteiger partial charge in [-0.05, 0) is 17.7 Å². The highest BCUT2D eigenvalue weighted by Gasteiger charge is 2.19. The molecule has 0 unspecified atom stereocenters. The fraction of sp³-hybridized carbons (Fsp3) is 0.160. The molecule has 4 aromatic heterocycles. The molecule has 1 aliphatic heterocycles. The number of aryl methyl sites for hydroxylation is 1. The molecule has 1 aliphatic rings. The maximum Gasteiger partial charge on any atom is 0.171 e. The van der Waals surface area contributed by atoms with E-state index in [1.165, 1.54) is 0 Å². The Morgan fingerprint density at radius 2 is 1.72 bits per heavy atom. The number of benzene rings is 1. The molecule has 1 aromatic carbocycles. The van der Waals surface area contributed by atoms with Crippen LogP contribution in [0.2, 0.25) is 0 Å². The highest BCUT2D eigenvalue weighted by atomic mass is 16.5. The molecule has 5 aromatic rings. The lowest BCUT2D eigenvalue weighted by Crippen LogP contribution is -2.29. The number of aromatic nitrogens is 4. The average molecular weight is 423 g/mol. The predicted octanol–water partition coefficient (Wildman–Crippen LogP) is 4.79. The van der Waals surface area contributed by atoms with Gasteiger partial charge in [-0.1, -0.05) is 24.3 Å². The highest BCUT2D eigenvalue weighted by molar-refractivity contribution is 5.92. The molecule has 0 bridgehead atoms. The first kappa shape index (κ1) is 18.6. The largest absolute Gasteiger partial charge is 0.488 e. The Hall–Kier alpha value is -4.13. The van der Waals surface area contributed by atoms with Crippen LogP contribution in [-0.2, 0) is 7.05 Å². The van der Waals surface area contributed by atoms with Gasteiger partial charge in [-0.2, -0.15) is 5.10 Å². The molecule has 0 spiro atoms. The lowest BCUT2D eigenvalue weighted by atomic mass is 10.1. The first-order valence-electron chi connectivity index (χ1n) is 10.5. The molecule has 0 aliphatic carbocycles. The zero-order valence-corrected chi connectivity index (χ0v) is 17.8. The minimum atomic E-state index is 0.653. The summed E-state index contributed by atoms with van der Waals surface area (Å²) in [6.45, 7) is 1.49. The second-order valence-electron chi connectivity index (χ2n) is 7.98. The highest BCUT2D eigenvalue weighted by Crippen LogP contribution is 2.37. The quantitative estimate of drug-likeness (QED) is 0.416. The Morgan fingerprint density at radius 3 is 2.53 bits per heavy atom. The van der Waals surface area contributed by atoms with Crippen molar-refractivity contribution in [2.45, 2.75) is 0 Å². The first-order chi connectivity index (χ1) is 15.7. The molecule has 7 heteroatoms. The van der Waals surface area contributed by atoms with E-state index >= 15 is 0 Å². The van der Waals surface area contributed by atoms with Crippen molar-refractivity contribution < 1.29 is 9.15 Å². The smallest absolute Gasteiger partial charge is 0.171 e. The summed E-state index contributed by atoms with van der Waals surface area (Å²) in [5.74, 6) is 2.43. The van der Waals surface area contributed by atoms with Gasteiger partial charge in [-0.15, -0.1) is 0 Å². The van der Waals surface area contributed by atoms with Gasteiger partial charge in [-0.3, -0.25) is 9.67 Å². The maximum atomic E-state index is 6.30. The molecule has 158 valence electrons. The van der Waals surface area contributed by atoms with Gasteiger partial charge < -0.3 is 14.1 Å². The van der Waals surface area contributed by atoms with Gasteiger partial charge in [0.2, 0.25) is 0 Å². The molecule has 0 radical (unpaired) electrons. The van der Waals surface area contributed by atoms with Crippen molar-refractivity contribution in [2.75, 3.05) is 25.1 Å². The van der Waals surface area contributed by atoms with Crippen molar-refractivity contribution >= 4 is 16.9 Å². The van der Waals surface area contributed by atoms with E-state index in [9.17, 15) is 0 Å². The van der Waals surface area contributed by atoms with E-state index in [1.807, 2.05) is 50.9 Å². The molecule has 5 heterocycles. The molecule has 0 fully saturated rings. The average Bonchev–Trinajstić information content (AvgIpc) is 3.45. The standard InChI is InChI=1S/C25H21N5O2/c1-29-9-10-31-23-11-18(13-27-25(23)29)20-7-8-26-21-12-22(32-24(20)21)17-5-3-16(4-6-17)19-14-28-30(2)15-19/h3-8,11-15H,9-10H2,1-2H3. The van der Waals surface area contributed by atoms with Crippen molar-refractivity contribution in [3.8, 4) is 39.3 Å². The number of rotatable bonds is 3. The van der Waals surface area contributed by atoms with Crippen LogP contribution in [-0.4, -0.2) is 39.9 Å². The van der Waals surface area contributed by atoms with E-state index in [0.717, 1.165) is 62.8 Å². The minimum absolute atomic E-state index is 0.653. The Bertz CT molecular complexity index is 1430. The molecule has 0 atom stereocenters. The van der Waals surface area contributed by atoms with Crippen molar-refractivity contribution in [1.29, 1.82) is 0 Å². The normalized spacial score (nSPS) is 13.2. The second-order valence-corrected chi connectivity index (χ2v) is 7.98. The summed E-state index contributed by atoms with van der Waals surface area (Å²) < 4.78 is 13.9. The number of likely N-dealkylation sites (N-methyl/N-ethyl adjacent to an activating group) is 1. The van der Waals surface area contributed by atoms with Gasteiger partial charge in [0.15, 0.2) is 17.2 Å². The Morgan fingerprint density at radius 1 is 0.875 bits per heavy atom. The fourth-order valence-corrected chi connectivity index (χ4v) is 4.08. The summed E-state index contributed by atoms with van der Waals surface area (Å²) in [6, 6.07) is 14.2. The number of pyridine rings is 2. The number of nitrogens with zero attached hydrogens (tertiary/aromatic N) is 5. The SMILES string of the molecule is CN1CCOc2cc(-c3ccnc4cc(-c5ccc(-c6cnn(C)c6)cc5)oc34)cnc21. The lowest BCUT2D eigenvalue weighted by Gasteiger charge is -2.26. The first-order valence-corrected chi connectivity index (χ1v) is 10.5. The second kappa shape index (κ2) is 7.23. The van der Waals surface area contributed by atoms with Crippen LogP contribution in [0.25, 0.3) is 44.7 Å². The van der Waals surface area contributed by atoms with Crippen LogP contribution in [0.4, 0.5) is 5.82 Å². The maximum absolute atomic E-state index is 6.30. The van der Waals surface area contributed by atoms with Gasteiger partial charge >= 0.3 is 0 Å². The van der Waals surface area contributed by atoms with E-state index in [4.69, 9.17) is 9.15 Å². The van der Waals surface area contributed by atoms with Crippen LogP contribution in [0, 0.1) is 0 Å². The zero-order valence-electron chi connectivity index (χ0n) is 17.8. The summed E-state index contributed by atoms with van der Waals surface area (Å²) in [6.07, 6.45) is 7.53. The topological polar surface area (TPSA) is 69.2 Å². The minimum Gasteiger partial charge on any atom is -0.488 e. The molecular weight excluding hydrogens is 402 g/mol. The lowest BCUT2D eigenvalue weighted by molar-refractivity contribution is 0.309. The molecule has 0 amide bonds. The molecule has 32 heavy (non-hydrogen) atoms. The van der Waals surface area contributed by atoms with Crippen molar-refractivity contribution in [1.82, 2.24) is 19.7 Å². The number of fused-ring (bicyclic) bond motifs is 2. The van der Waals surface area contributed by atoms with Crippen LogP contribution in [0.15, 0.2) is 71.7 Å². The van der Waals surface area contributed by atoms with Crippen LogP contribution in [0.5, 0.6) is 5.75 Å². The van der Waals surface area contributed by atoms with Crippen LogP contribution in [0.3, 0.4) is 0 Å². The Kier molecular flexibility index (Phi) is 4.21. The third kappa shape index (κ3) is 3.10. The van der Waals surface area contributed by atoms with Crippen molar-refractivity contribution in [3.63, 3.8) is 0 Å². The van der Waals surface area contributed by atoms with Gasteiger partial charge in [-0.25, -0.2) is 4.98 Å². The van der Waals surface area contributed by atoms with Crippen LogP contribution < -0.4 is 9.64 Å². The van der Waals surface area contributed by atoms with Crippen molar-refractivity contribution in [2.24, 2.45) is 7.05 Å². The molecule has 6 rings (SSSR count). The number of anilines is 1. The number of hydrogen-bond donors (Lipinski definition) is 0. The van der Waals surface area contributed by atoms with Gasteiger partial charge in [0.1, 0.15) is 17.9 Å². The summed E-state index contributed by atoms with van der Waals surface area (Å²) in [5.41, 5.74) is 6.63. The van der Waals surface area contributed by atoms with E-state index in [2.05, 4.69) is 44.2 Å².